The lowest BCUT2D eigenvalue weighted by molar-refractivity contribution is -0.112. The summed E-state index contributed by atoms with van der Waals surface area (Å²) >= 11 is 0. The SMILES string of the molecule is CC(C)CCN/C=C(/C#N)C(=O)Nc1ccccc1O. The molecule has 5 nitrogen and oxygen atoms in total. The van der Waals surface area contributed by atoms with Crippen LogP contribution in [0, 0.1) is 17.2 Å². The van der Waals surface area contributed by atoms with Crippen LogP contribution in [-0.4, -0.2) is 17.6 Å². The number of carbonyl (C=O) groups excluding carboxylic acids is 1. The summed E-state index contributed by atoms with van der Waals surface area (Å²) in [6, 6.07) is 8.20. The Morgan fingerprint density at radius 2 is 2.15 bits per heavy atom. The van der Waals surface area contributed by atoms with Crippen LogP contribution in [0.3, 0.4) is 0 Å². The molecule has 0 atom stereocenters. The van der Waals surface area contributed by atoms with Gasteiger partial charge in [-0.1, -0.05) is 26.0 Å². The van der Waals surface area contributed by atoms with Crippen molar-refractivity contribution in [2.24, 2.45) is 5.92 Å². The lowest BCUT2D eigenvalue weighted by atomic mass is 10.1. The zero-order valence-corrected chi connectivity index (χ0v) is 11.7. The molecular weight excluding hydrogens is 254 g/mol. The maximum Gasteiger partial charge on any atom is 0.267 e. The molecule has 0 aliphatic rings. The number of amides is 1. The molecule has 0 bridgehead atoms. The largest absolute Gasteiger partial charge is 0.506 e. The van der Waals surface area contributed by atoms with Gasteiger partial charge in [-0.25, -0.2) is 0 Å². The number of nitrogens with zero attached hydrogens (tertiary/aromatic N) is 1. The number of carbonyl (C=O) groups is 1. The quantitative estimate of drug-likeness (QED) is 0.321. The van der Waals surface area contributed by atoms with Crippen LogP contribution >= 0.6 is 0 Å². The summed E-state index contributed by atoms with van der Waals surface area (Å²) in [6.07, 6.45) is 2.36. The van der Waals surface area contributed by atoms with Gasteiger partial charge in [-0.3, -0.25) is 4.79 Å². The highest BCUT2D eigenvalue weighted by Crippen LogP contribution is 2.21. The van der Waals surface area contributed by atoms with Crippen LogP contribution in [0.4, 0.5) is 5.69 Å². The summed E-state index contributed by atoms with van der Waals surface area (Å²) in [7, 11) is 0. The first kappa shape index (κ1) is 15.6. The topological polar surface area (TPSA) is 85.2 Å². The average Bonchev–Trinajstić information content (AvgIpc) is 2.41. The van der Waals surface area contributed by atoms with Crippen molar-refractivity contribution in [3.05, 3.63) is 36.0 Å². The third-order valence-electron chi connectivity index (χ3n) is 2.63. The van der Waals surface area contributed by atoms with Gasteiger partial charge in [0.1, 0.15) is 17.4 Å². The number of phenolic OH excluding ortho intramolecular Hbond substituents is 1. The lowest BCUT2D eigenvalue weighted by Crippen LogP contribution is -2.17. The maximum absolute atomic E-state index is 11.9. The molecule has 20 heavy (non-hydrogen) atoms. The predicted molar refractivity (Wildman–Crippen MR) is 77.9 cm³/mol. The minimum absolute atomic E-state index is 0.0305. The molecule has 0 heterocycles. The second kappa shape index (κ2) is 7.85. The van der Waals surface area contributed by atoms with Crippen molar-refractivity contribution in [2.75, 3.05) is 11.9 Å². The number of hydrogen-bond acceptors (Lipinski definition) is 4. The molecule has 3 N–H and O–H groups in total. The Hall–Kier alpha value is -2.48. The Kier molecular flexibility index (Phi) is 6.11. The van der Waals surface area contributed by atoms with Crippen LogP contribution in [0.2, 0.25) is 0 Å². The highest BCUT2D eigenvalue weighted by molar-refractivity contribution is 6.07. The van der Waals surface area contributed by atoms with E-state index in [1.54, 1.807) is 18.2 Å². The fourth-order valence-corrected chi connectivity index (χ4v) is 1.46. The molecule has 1 rings (SSSR count). The molecule has 5 heteroatoms. The van der Waals surface area contributed by atoms with Crippen LogP contribution in [-0.2, 0) is 4.79 Å². The van der Waals surface area contributed by atoms with Gasteiger partial charge >= 0.3 is 0 Å². The monoisotopic (exact) mass is 273 g/mol. The standard InChI is InChI=1S/C15H19N3O2/c1-11(2)7-8-17-10-12(9-16)15(20)18-13-5-3-4-6-14(13)19/h3-6,10-11,17,19H,7-8H2,1-2H3,(H,18,20)/b12-10-. The molecule has 1 aromatic rings. The number of benzene rings is 1. The van der Waals surface area contributed by atoms with Crippen molar-refractivity contribution >= 4 is 11.6 Å². The number of aromatic hydroxyl groups is 1. The Bertz CT molecular complexity index is 530. The van der Waals surface area contributed by atoms with E-state index < -0.39 is 5.91 Å². The zero-order chi connectivity index (χ0) is 15.0. The van der Waals surface area contributed by atoms with Crippen LogP contribution in [0.5, 0.6) is 5.75 Å². The minimum atomic E-state index is -0.550. The van der Waals surface area contributed by atoms with Gasteiger partial charge in [-0.05, 0) is 24.5 Å². The number of rotatable bonds is 6. The smallest absolute Gasteiger partial charge is 0.267 e. The van der Waals surface area contributed by atoms with E-state index in [0.717, 1.165) is 6.42 Å². The molecule has 0 unspecified atom stereocenters. The number of nitrogens with one attached hydrogen (secondary N) is 2. The number of hydrogen-bond donors (Lipinski definition) is 3. The van der Waals surface area contributed by atoms with Crippen LogP contribution in [0.1, 0.15) is 20.3 Å². The fraction of sp³-hybridized carbons (Fsp3) is 0.333. The van der Waals surface area contributed by atoms with Gasteiger partial charge in [0, 0.05) is 12.7 Å². The Labute approximate surface area is 118 Å². The van der Waals surface area contributed by atoms with Crippen LogP contribution < -0.4 is 10.6 Å². The van der Waals surface area contributed by atoms with Crippen molar-refractivity contribution in [2.45, 2.75) is 20.3 Å². The molecule has 0 aliphatic heterocycles. The molecule has 0 fully saturated rings. The van der Waals surface area contributed by atoms with Gasteiger partial charge in [0.25, 0.3) is 5.91 Å². The minimum Gasteiger partial charge on any atom is -0.506 e. The summed E-state index contributed by atoms with van der Waals surface area (Å²) in [5.41, 5.74) is 0.248. The van der Waals surface area contributed by atoms with Crippen LogP contribution in [0.25, 0.3) is 0 Å². The second-order valence-electron chi connectivity index (χ2n) is 4.78. The van der Waals surface area contributed by atoms with E-state index in [0.29, 0.717) is 12.5 Å². The highest BCUT2D eigenvalue weighted by atomic mass is 16.3. The van der Waals surface area contributed by atoms with Crippen molar-refractivity contribution < 1.29 is 9.90 Å². The molecule has 1 amide bonds. The van der Waals surface area contributed by atoms with Crippen molar-refractivity contribution in [1.82, 2.24) is 5.32 Å². The first-order valence-corrected chi connectivity index (χ1v) is 6.47. The number of para-hydroxylation sites is 2. The number of phenols is 1. The molecule has 0 aliphatic carbocycles. The molecule has 0 saturated carbocycles. The van der Waals surface area contributed by atoms with Gasteiger partial charge in [-0.2, -0.15) is 5.26 Å². The Morgan fingerprint density at radius 3 is 2.75 bits per heavy atom. The summed E-state index contributed by atoms with van der Waals surface area (Å²) < 4.78 is 0. The van der Waals surface area contributed by atoms with Gasteiger partial charge in [-0.15, -0.1) is 0 Å². The van der Waals surface area contributed by atoms with E-state index in [2.05, 4.69) is 24.5 Å². The van der Waals surface area contributed by atoms with Gasteiger partial charge in [0.15, 0.2) is 0 Å². The van der Waals surface area contributed by atoms with E-state index >= 15 is 0 Å². The first-order chi connectivity index (χ1) is 9.54. The average molecular weight is 273 g/mol. The van der Waals surface area contributed by atoms with E-state index in [-0.39, 0.29) is 17.0 Å². The molecule has 1 aromatic carbocycles. The van der Waals surface area contributed by atoms with E-state index in [1.165, 1.54) is 12.3 Å². The second-order valence-corrected chi connectivity index (χ2v) is 4.78. The maximum atomic E-state index is 11.9. The molecule has 0 spiro atoms. The van der Waals surface area contributed by atoms with Gasteiger partial charge in [0.2, 0.25) is 0 Å². The van der Waals surface area contributed by atoms with Gasteiger partial charge < -0.3 is 15.7 Å². The van der Waals surface area contributed by atoms with Gasteiger partial charge in [0.05, 0.1) is 5.69 Å². The predicted octanol–water partition coefficient (Wildman–Crippen LogP) is 2.37. The van der Waals surface area contributed by atoms with E-state index in [1.807, 2.05) is 6.07 Å². The molecule has 0 saturated heterocycles. The summed E-state index contributed by atoms with van der Waals surface area (Å²) in [4.78, 5) is 11.9. The number of nitriles is 1. The zero-order valence-electron chi connectivity index (χ0n) is 11.7. The molecule has 106 valence electrons. The molecular formula is C15H19N3O2. The highest BCUT2D eigenvalue weighted by Gasteiger charge is 2.10. The number of anilines is 1. The van der Waals surface area contributed by atoms with Crippen molar-refractivity contribution in [3.8, 4) is 11.8 Å². The summed E-state index contributed by atoms with van der Waals surface area (Å²) in [5.74, 6) is -0.0338. The summed E-state index contributed by atoms with van der Waals surface area (Å²) in [5, 5.41) is 24.0. The first-order valence-electron chi connectivity index (χ1n) is 6.47. The van der Waals surface area contributed by atoms with Crippen molar-refractivity contribution in [1.29, 1.82) is 5.26 Å². The van der Waals surface area contributed by atoms with E-state index in [9.17, 15) is 9.90 Å². The Morgan fingerprint density at radius 1 is 1.45 bits per heavy atom. The van der Waals surface area contributed by atoms with E-state index in [4.69, 9.17) is 5.26 Å². The summed E-state index contributed by atoms with van der Waals surface area (Å²) in [6.45, 7) is 4.90. The Balaban J connectivity index is 2.62. The fourth-order valence-electron chi connectivity index (χ4n) is 1.46. The van der Waals surface area contributed by atoms with Crippen molar-refractivity contribution in [3.63, 3.8) is 0 Å². The van der Waals surface area contributed by atoms with Crippen LogP contribution in [0.15, 0.2) is 36.0 Å². The lowest BCUT2D eigenvalue weighted by Gasteiger charge is -2.07. The normalized spacial score (nSPS) is 11.0. The molecule has 0 radical (unpaired) electrons. The third kappa shape index (κ3) is 5.02. The molecule has 0 aromatic heterocycles. The third-order valence-corrected chi connectivity index (χ3v) is 2.63.